The minimum Gasteiger partial charge on any atom is -0.378 e. The fourth-order valence-corrected chi connectivity index (χ4v) is 3.83. The molecule has 1 fully saturated rings. The summed E-state index contributed by atoms with van der Waals surface area (Å²) in [5.74, 6) is 1.29. The molecule has 0 saturated carbocycles. The molecular formula is C16H19BrN4O2S. The van der Waals surface area contributed by atoms with E-state index in [0.29, 0.717) is 24.5 Å². The number of hydrogen-bond donors (Lipinski definition) is 0. The van der Waals surface area contributed by atoms with Crippen LogP contribution in [0.15, 0.2) is 33.9 Å². The zero-order chi connectivity index (χ0) is 16.9. The molecule has 6 nitrogen and oxygen atoms in total. The Morgan fingerprint density at radius 2 is 2.12 bits per heavy atom. The van der Waals surface area contributed by atoms with E-state index in [-0.39, 0.29) is 5.78 Å². The van der Waals surface area contributed by atoms with E-state index in [0.717, 1.165) is 35.2 Å². The molecule has 3 rings (SSSR count). The van der Waals surface area contributed by atoms with E-state index in [9.17, 15) is 4.79 Å². The molecule has 0 unspecified atom stereocenters. The molecule has 1 aromatic carbocycles. The van der Waals surface area contributed by atoms with Crippen molar-refractivity contribution >= 4 is 39.4 Å². The first kappa shape index (κ1) is 17.4. The average Bonchev–Trinajstić information content (AvgIpc) is 3.03. The quantitative estimate of drug-likeness (QED) is 0.538. The van der Waals surface area contributed by atoms with Crippen LogP contribution in [-0.2, 0) is 11.3 Å². The van der Waals surface area contributed by atoms with E-state index in [1.807, 2.05) is 24.3 Å². The molecule has 1 aromatic heterocycles. The summed E-state index contributed by atoms with van der Waals surface area (Å²) >= 11 is 4.83. The number of halogens is 1. The number of rotatable bonds is 6. The highest BCUT2D eigenvalue weighted by molar-refractivity contribution is 9.10. The number of ketones is 1. The van der Waals surface area contributed by atoms with Crippen LogP contribution in [0.1, 0.15) is 17.3 Å². The highest BCUT2D eigenvalue weighted by Crippen LogP contribution is 2.24. The van der Waals surface area contributed by atoms with Gasteiger partial charge in [-0.15, -0.1) is 10.2 Å². The van der Waals surface area contributed by atoms with Crippen molar-refractivity contribution in [2.24, 2.45) is 0 Å². The Morgan fingerprint density at radius 3 is 2.83 bits per heavy atom. The highest BCUT2D eigenvalue weighted by Gasteiger charge is 2.20. The number of ether oxygens (including phenoxy) is 1. The van der Waals surface area contributed by atoms with Crippen LogP contribution >= 0.6 is 27.7 Å². The van der Waals surface area contributed by atoms with Crippen molar-refractivity contribution in [1.82, 2.24) is 14.8 Å². The molecule has 24 heavy (non-hydrogen) atoms. The van der Waals surface area contributed by atoms with Crippen molar-refractivity contribution in [3.05, 3.63) is 34.3 Å². The monoisotopic (exact) mass is 410 g/mol. The predicted octanol–water partition coefficient (Wildman–Crippen LogP) is 2.87. The first-order valence-electron chi connectivity index (χ1n) is 7.86. The van der Waals surface area contributed by atoms with E-state index in [1.54, 1.807) is 0 Å². The van der Waals surface area contributed by atoms with Gasteiger partial charge in [-0.3, -0.25) is 9.36 Å². The van der Waals surface area contributed by atoms with Crippen LogP contribution in [0.4, 0.5) is 5.95 Å². The number of Topliss-reactive ketones (excluding diaryl/α,β-unsaturated/α-hetero) is 1. The van der Waals surface area contributed by atoms with Gasteiger partial charge in [0.25, 0.3) is 0 Å². The van der Waals surface area contributed by atoms with Crippen molar-refractivity contribution < 1.29 is 9.53 Å². The maximum absolute atomic E-state index is 12.4. The van der Waals surface area contributed by atoms with E-state index < -0.39 is 0 Å². The lowest BCUT2D eigenvalue weighted by molar-refractivity contribution is 0.102. The molecule has 0 radical (unpaired) electrons. The Balaban J connectivity index is 1.69. The molecule has 128 valence electrons. The molecule has 0 atom stereocenters. The minimum absolute atomic E-state index is 0.0832. The summed E-state index contributed by atoms with van der Waals surface area (Å²) in [5.41, 5.74) is 0.702. The number of anilines is 1. The summed E-state index contributed by atoms with van der Waals surface area (Å²) in [7, 11) is 0. The van der Waals surface area contributed by atoms with Gasteiger partial charge >= 0.3 is 0 Å². The van der Waals surface area contributed by atoms with Gasteiger partial charge in [0.05, 0.1) is 19.0 Å². The molecule has 8 heteroatoms. The van der Waals surface area contributed by atoms with Crippen LogP contribution in [0, 0.1) is 0 Å². The first-order chi connectivity index (χ1) is 11.7. The second kappa shape index (κ2) is 8.13. The average molecular weight is 411 g/mol. The molecule has 0 N–H and O–H groups in total. The van der Waals surface area contributed by atoms with Crippen molar-refractivity contribution in [3.8, 4) is 0 Å². The smallest absolute Gasteiger partial charge is 0.228 e. The molecular weight excluding hydrogens is 392 g/mol. The SMILES string of the molecule is CCn1c(SCC(=O)c2cccc(Br)c2)nnc1N1CCOCC1. The van der Waals surface area contributed by atoms with Gasteiger partial charge in [0, 0.05) is 29.7 Å². The largest absolute Gasteiger partial charge is 0.378 e. The van der Waals surface area contributed by atoms with Crippen LogP contribution in [0.2, 0.25) is 0 Å². The number of nitrogens with zero attached hydrogens (tertiary/aromatic N) is 4. The fourth-order valence-electron chi connectivity index (χ4n) is 2.54. The molecule has 2 heterocycles. The van der Waals surface area contributed by atoms with Gasteiger partial charge in [0.15, 0.2) is 10.9 Å². The van der Waals surface area contributed by atoms with E-state index in [2.05, 4.69) is 42.5 Å². The lowest BCUT2D eigenvalue weighted by atomic mass is 10.2. The second-order valence-corrected chi connectivity index (χ2v) is 7.21. The Labute approximate surface area is 153 Å². The van der Waals surface area contributed by atoms with Crippen molar-refractivity contribution in [3.63, 3.8) is 0 Å². The van der Waals surface area contributed by atoms with Crippen molar-refractivity contribution in [2.45, 2.75) is 18.6 Å². The number of morpholine rings is 1. The summed E-state index contributed by atoms with van der Waals surface area (Å²) in [6, 6.07) is 7.45. The number of carbonyl (C=O) groups excluding carboxylic acids is 1. The Bertz CT molecular complexity index is 716. The minimum atomic E-state index is 0.0832. The highest BCUT2D eigenvalue weighted by atomic mass is 79.9. The van der Waals surface area contributed by atoms with Crippen molar-refractivity contribution in [2.75, 3.05) is 37.0 Å². The molecule has 0 aliphatic carbocycles. The van der Waals surface area contributed by atoms with Gasteiger partial charge in [-0.25, -0.2) is 0 Å². The number of benzene rings is 1. The summed E-state index contributed by atoms with van der Waals surface area (Å²) < 4.78 is 8.35. The molecule has 1 aliphatic rings. The third-order valence-electron chi connectivity index (χ3n) is 3.79. The summed E-state index contributed by atoms with van der Waals surface area (Å²) in [6.45, 7) is 5.89. The molecule has 1 saturated heterocycles. The van der Waals surface area contributed by atoms with Crippen LogP contribution in [0.3, 0.4) is 0 Å². The summed E-state index contributed by atoms with van der Waals surface area (Å²) in [6.07, 6.45) is 0. The Kier molecular flexibility index (Phi) is 5.91. The predicted molar refractivity (Wildman–Crippen MR) is 97.9 cm³/mol. The van der Waals surface area contributed by atoms with Crippen LogP contribution in [0.5, 0.6) is 0 Å². The molecule has 1 aliphatic heterocycles. The molecule has 0 bridgehead atoms. The first-order valence-corrected chi connectivity index (χ1v) is 9.64. The fraction of sp³-hybridized carbons (Fsp3) is 0.438. The van der Waals surface area contributed by atoms with Crippen molar-refractivity contribution in [1.29, 1.82) is 0 Å². The molecule has 2 aromatic rings. The van der Waals surface area contributed by atoms with Gasteiger partial charge < -0.3 is 9.64 Å². The number of aromatic nitrogens is 3. The summed E-state index contributed by atoms with van der Waals surface area (Å²) in [5, 5.41) is 9.38. The topological polar surface area (TPSA) is 60.2 Å². The van der Waals surface area contributed by atoms with E-state index >= 15 is 0 Å². The maximum atomic E-state index is 12.4. The van der Waals surface area contributed by atoms with Gasteiger partial charge in [0.2, 0.25) is 5.95 Å². The second-order valence-electron chi connectivity index (χ2n) is 5.35. The normalized spacial score (nSPS) is 14.8. The number of carbonyl (C=O) groups is 1. The van der Waals surface area contributed by atoms with E-state index in [4.69, 9.17) is 4.74 Å². The third-order valence-corrected chi connectivity index (χ3v) is 5.25. The van der Waals surface area contributed by atoms with Crippen LogP contribution in [-0.4, -0.2) is 52.6 Å². The van der Waals surface area contributed by atoms with Crippen LogP contribution in [0.25, 0.3) is 0 Å². The molecule has 0 spiro atoms. The van der Waals surface area contributed by atoms with E-state index in [1.165, 1.54) is 11.8 Å². The standard InChI is InChI=1S/C16H19BrN4O2S/c1-2-21-15(20-6-8-23-9-7-20)18-19-16(21)24-11-14(22)12-4-3-5-13(17)10-12/h3-5,10H,2,6-9,11H2,1H3. The zero-order valence-electron chi connectivity index (χ0n) is 13.4. The zero-order valence-corrected chi connectivity index (χ0v) is 15.8. The summed E-state index contributed by atoms with van der Waals surface area (Å²) in [4.78, 5) is 14.5. The third kappa shape index (κ3) is 3.99. The van der Waals surface area contributed by atoms with Gasteiger partial charge in [-0.2, -0.15) is 0 Å². The lowest BCUT2D eigenvalue weighted by Crippen LogP contribution is -2.38. The Hall–Kier alpha value is -1.38. The Morgan fingerprint density at radius 1 is 1.33 bits per heavy atom. The van der Waals surface area contributed by atoms with Gasteiger partial charge in [0.1, 0.15) is 0 Å². The van der Waals surface area contributed by atoms with Crippen LogP contribution < -0.4 is 4.90 Å². The van der Waals surface area contributed by atoms with Gasteiger partial charge in [-0.1, -0.05) is 39.8 Å². The van der Waals surface area contributed by atoms with Gasteiger partial charge in [-0.05, 0) is 19.1 Å². The lowest BCUT2D eigenvalue weighted by Gasteiger charge is -2.27. The molecule has 0 amide bonds. The maximum Gasteiger partial charge on any atom is 0.228 e. The number of hydrogen-bond acceptors (Lipinski definition) is 6. The number of thioether (sulfide) groups is 1.